The Kier molecular flexibility index (Phi) is 4.48. The highest BCUT2D eigenvalue weighted by Gasteiger charge is 2.12. The van der Waals surface area contributed by atoms with Crippen LogP contribution in [0.25, 0.3) is 0 Å². The normalized spacial score (nSPS) is 13.8. The van der Waals surface area contributed by atoms with Crippen LogP contribution in [-0.2, 0) is 4.57 Å². The molecule has 0 saturated heterocycles. The molecule has 1 aromatic rings. The van der Waals surface area contributed by atoms with Gasteiger partial charge in [0, 0.05) is 6.54 Å². The zero-order valence-corrected chi connectivity index (χ0v) is 9.52. The lowest BCUT2D eigenvalue weighted by molar-refractivity contribution is 0.367. The van der Waals surface area contributed by atoms with Crippen LogP contribution in [0.5, 0.6) is 0 Å². The van der Waals surface area contributed by atoms with Crippen molar-refractivity contribution in [1.29, 1.82) is 0 Å². The highest BCUT2D eigenvalue weighted by molar-refractivity contribution is 7.51. The molecular weight excluding hydrogens is 213 g/mol. The first-order valence-electron chi connectivity index (χ1n) is 4.79. The van der Waals surface area contributed by atoms with Crippen LogP contribution in [0.2, 0.25) is 0 Å². The highest BCUT2D eigenvalue weighted by Crippen LogP contribution is 2.32. The van der Waals surface area contributed by atoms with E-state index in [1.54, 1.807) is 0 Å². The molecule has 1 rings (SSSR count). The highest BCUT2D eigenvalue weighted by atomic mass is 31.2. The average molecular weight is 229 g/mol. The summed E-state index contributed by atoms with van der Waals surface area (Å²) in [4.78, 5) is 17.3. The number of benzene rings is 1. The maximum Gasteiger partial charge on any atom is 0.339 e. The van der Waals surface area contributed by atoms with Crippen LogP contribution in [0, 0.1) is 0 Å². The Hall–Kier alpha value is -0.670. The third kappa shape index (κ3) is 5.09. The van der Waals surface area contributed by atoms with E-state index in [0.717, 1.165) is 5.56 Å². The Balaban J connectivity index is 2.37. The minimum Gasteiger partial charge on any atom is -0.324 e. The quantitative estimate of drug-likeness (QED) is 0.669. The maximum absolute atomic E-state index is 10.6. The summed E-state index contributed by atoms with van der Waals surface area (Å²) in [6.07, 6.45) is -0.260. The minimum absolute atomic E-state index is 0.248. The molecule has 4 nitrogen and oxygen atoms in total. The molecule has 0 aliphatic carbocycles. The third-order valence-corrected chi connectivity index (χ3v) is 2.77. The second-order valence-electron chi connectivity index (χ2n) is 3.59. The van der Waals surface area contributed by atoms with Gasteiger partial charge in [-0.3, -0.25) is 4.57 Å². The van der Waals surface area contributed by atoms with E-state index in [-0.39, 0.29) is 12.2 Å². The van der Waals surface area contributed by atoms with Crippen molar-refractivity contribution in [3.63, 3.8) is 0 Å². The standard InChI is InChI=1S/C10H16NO3P/c1-9(7-11-8-15(12,13)14)10-5-3-2-4-6-10/h2-6,9,11H,7-8H2,1H3,(H2,12,13,14). The fourth-order valence-corrected chi connectivity index (χ4v) is 1.75. The molecule has 0 radical (unpaired) electrons. The van der Waals surface area contributed by atoms with E-state index in [0.29, 0.717) is 6.54 Å². The van der Waals surface area contributed by atoms with Crippen molar-refractivity contribution < 1.29 is 14.4 Å². The zero-order valence-electron chi connectivity index (χ0n) is 8.63. The number of nitrogens with one attached hydrogen (secondary N) is 1. The van der Waals surface area contributed by atoms with Crippen molar-refractivity contribution in [2.45, 2.75) is 12.8 Å². The fourth-order valence-electron chi connectivity index (χ4n) is 1.33. The third-order valence-electron chi connectivity index (χ3n) is 2.14. The van der Waals surface area contributed by atoms with Crippen molar-refractivity contribution >= 4 is 7.60 Å². The zero-order chi connectivity index (χ0) is 11.3. The molecule has 1 atom stereocenters. The van der Waals surface area contributed by atoms with Crippen molar-refractivity contribution in [2.24, 2.45) is 0 Å². The Morgan fingerprint density at radius 3 is 2.47 bits per heavy atom. The molecule has 0 bridgehead atoms. The van der Waals surface area contributed by atoms with E-state index >= 15 is 0 Å². The van der Waals surface area contributed by atoms with Gasteiger partial charge in [0.2, 0.25) is 0 Å². The van der Waals surface area contributed by atoms with Gasteiger partial charge >= 0.3 is 7.60 Å². The first kappa shape index (κ1) is 12.4. The Morgan fingerprint density at radius 2 is 1.93 bits per heavy atom. The largest absolute Gasteiger partial charge is 0.339 e. The van der Waals surface area contributed by atoms with E-state index < -0.39 is 7.60 Å². The van der Waals surface area contributed by atoms with E-state index in [9.17, 15) is 4.57 Å². The lowest BCUT2D eigenvalue weighted by Crippen LogP contribution is -2.21. The molecule has 15 heavy (non-hydrogen) atoms. The Morgan fingerprint density at radius 1 is 1.33 bits per heavy atom. The van der Waals surface area contributed by atoms with Crippen LogP contribution < -0.4 is 5.32 Å². The lowest BCUT2D eigenvalue weighted by Gasteiger charge is -2.13. The number of hydrogen-bond acceptors (Lipinski definition) is 2. The van der Waals surface area contributed by atoms with Crippen LogP contribution in [0.3, 0.4) is 0 Å². The van der Waals surface area contributed by atoms with Gasteiger partial charge in [-0.25, -0.2) is 0 Å². The Bertz CT molecular complexity index is 336. The summed E-state index contributed by atoms with van der Waals surface area (Å²) in [6, 6.07) is 9.86. The van der Waals surface area contributed by atoms with Gasteiger partial charge in [-0.05, 0) is 11.5 Å². The summed E-state index contributed by atoms with van der Waals surface area (Å²) < 4.78 is 10.6. The van der Waals surface area contributed by atoms with Gasteiger partial charge in [0.25, 0.3) is 0 Å². The van der Waals surface area contributed by atoms with Crippen LogP contribution in [0.15, 0.2) is 30.3 Å². The van der Waals surface area contributed by atoms with Crippen LogP contribution >= 0.6 is 7.60 Å². The van der Waals surface area contributed by atoms with Crippen molar-refractivity contribution in [3.8, 4) is 0 Å². The lowest BCUT2D eigenvalue weighted by atomic mass is 10.0. The summed E-state index contributed by atoms with van der Waals surface area (Å²) in [7, 11) is -3.92. The van der Waals surface area contributed by atoms with Gasteiger partial charge < -0.3 is 15.1 Å². The molecule has 5 heteroatoms. The topological polar surface area (TPSA) is 69.6 Å². The predicted octanol–water partition coefficient (Wildman–Crippen LogP) is 1.51. The SMILES string of the molecule is CC(CNCP(=O)(O)O)c1ccccc1. The van der Waals surface area contributed by atoms with Crippen LogP contribution in [-0.4, -0.2) is 22.6 Å². The molecule has 0 heterocycles. The van der Waals surface area contributed by atoms with E-state index in [2.05, 4.69) is 5.32 Å². The minimum atomic E-state index is -3.92. The monoisotopic (exact) mass is 229 g/mol. The number of hydrogen-bond donors (Lipinski definition) is 3. The van der Waals surface area contributed by atoms with E-state index in [1.165, 1.54) is 0 Å². The molecule has 0 spiro atoms. The van der Waals surface area contributed by atoms with Gasteiger partial charge in [-0.15, -0.1) is 0 Å². The van der Waals surface area contributed by atoms with Crippen LogP contribution in [0.1, 0.15) is 18.4 Å². The molecule has 84 valence electrons. The van der Waals surface area contributed by atoms with E-state index in [4.69, 9.17) is 9.79 Å². The van der Waals surface area contributed by atoms with Crippen LogP contribution in [0.4, 0.5) is 0 Å². The van der Waals surface area contributed by atoms with Gasteiger partial charge in [0.05, 0.1) is 6.29 Å². The smallest absolute Gasteiger partial charge is 0.324 e. The summed E-state index contributed by atoms with van der Waals surface area (Å²) in [6.45, 7) is 2.58. The van der Waals surface area contributed by atoms with Gasteiger partial charge in [0.15, 0.2) is 0 Å². The number of rotatable bonds is 5. The molecular formula is C10H16NO3P. The molecule has 0 aliphatic heterocycles. The van der Waals surface area contributed by atoms with Gasteiger partial charge in [-0.1, -0.05) is 37.3 Å². The van der Waals surface area contributed by atoms with E-state index in [1.807, 2.05) is 37.3 Å². The summed E-state index contributed by atoms with van der Waals surface area (Å²) in [5.74, 6) is 0.248. The maximum atomic E-state index is 10.6. The summed E-state index contributed by atoms with van der Waals surface area (Å²) >= 11 is 0. The average Bonchev–Trinajstić information content (AvgIpc) is 2.17. The molecule has 0 saturated carbocycles. The first-order chi connectivity index (χ1) is 6.99. The summed E-state index contributed by atoms with van der Waals surface area (Å²) in [5.41, 5.74) is 1.16. The fraction of sp³-hybridized carbons (Fsp3) is 0.400. The predicted molar refractivity (Wildman–Crippen MR) is 59.8 cm³/mol. The Labute approximate surface area is 89.5 Å². The van der Waals surface area contributed by atoms with Crippen molar-refractivity contribution in [2.75, 3.05) is 12.8 Å². The van der Waals surface area contributed by atoms with Gasteiger partial charge in [0.1, 0.15) is 0 Å². The van der Waals surface area contributed by atoms with Gasteiger partial charge in [-0.2, -0.15) is 0 Å². The second-order valence-corrected chi connectivity index (χ2v) is 5.23. The molecule has 0 aliphatic rings. The molecule has 3 N–H and O–H groups in total. The molecule has 1 aromatic carbocycles. The molecule has 0 aromatic heterocycles. The van der Waals surface area contributed by atoms with Crippen molar-refractivity contribution in [1.82, 2.24) is 5.32 Å². The van der Waals surface area contributed by atoms with Crippen molar-refractivity contribution in [3.05, 3.63) is 35.9 Å². The molecule has 0 amide bonds. The summed E-state index contributed by atoms with van der Waals surface area (Å²) in [5, 5.41) is 2.76. The first-order valence-corrected chi connectivity index (χ1v) is 6.59. The molecule has 1 unspecified atom stereocenters. The molecule has 0 fully saturated rings. The second kappa shape index (κ2) is 5.42.